The monoisotopic (exact) mass is 303 g/mol. The zero-order valence-electron chi connectivity index (χ0n) is 12.5. The average molecular weight is 303 g/mol. The van der Waals surface area contributed by atoms with E-state index in [1.165, 1.54) is 0 Å². The van der Waals surface area contributed by atoms with E-state index >= 15 is 0 Å². The number of hydrogen-bond acceptors (Lipinski definition) is 5. The summed E-state index contributed by atoms with van der Waals surface area (Å²) in [6.07, 6.45) is 0.905. The molecule has 1 amide bonds. The van der Waals surface area contributed by atoms with Gasteiger partial charge in [-0.1, -0.05) is 0 Å². The topological polar surface area (TPSA) is 62.8 Å². The molecular formula is C16H21N3O3. The van der Waals surface area contributed by atoms with Gasteiger partial charge in [-0.15, -0.1) is 0 Å². The van der Waals surface area contributed by atoms with Gasteiger partial charge in [0.15, 0.2) is 0 Å². The molecule has 3 aliphatic heterocycles. The lowest BCUT2D eigenvalue weighted by Gasteiger charge is -2.41. The van der Waals surface area contributed by atoms with Crippen LogP contribution in [0.2, 0.25) is 0 Å². The van der Waals surface area contributed by atoms with E-state index in [1.807, 2.05) is 18.2 Å². The van der Waals surface area contributed by atoms with E-state index in [4.69, 9.17) is 9.47 Å². The van der Waals surface area contributed by atoms with Crippen molar-refractivity contribution in [3.8, 4) is 5.75 Å². The Morgan fingerprint density at radius 2 is 2.27 bits per heavy atom. The van der Waals surface area contributed by atoms with Gasteiger partial charge in [0.1, 0.15) is 12.4 Å². The van der Waals surface area contributed by atoms with Gasteiger partial charge in [-0.3, -0.25) is 4.79 Å². The first-order chi connectivity index (χ1) is 10.8. The maximum Gasteiger partial charge on any atom is 0.228 e. The molecule has 0 aliphatic carbocycles. The molecule has 0 aromatic heterocycles. The molecule has 0 saturated carbocycles. The highest BCUT2D eigenvalue weighted by Gasteiger charge is 2.30. The normalized spacial score (nSPS) is 24.4. The van der Waals surface area contributed by atoms with E-state index < -0.39 is 0 Å². The third-order valence-corrected chi connectivity index (χ3v) is 4.62. The van der Waals surface area contributed by atoms with E-state index in [1.54, 1.807) is 0 Å². The molecule has 6 heteroatoms. The fourth-order valence-electron chi connectivity index (χ4n) is 3.22. The van der Waals surface area contributed by atoms with Gasteiger partial charge >= 0.3 is 0 Å². The molecule has 3 heterocycles. The maximum atomic E-state index is 12.2. The van der Waals surface area contributed by atoms with E-state index in [-0.39, 0.29) is 11.8 Å². The zero-order valence-corrected chi connectivity index (χ0v) is 12.5. The molecule has 2 fully saturated rings. The first-order valence-corrected chi connectivity index (χ1v) is 7.94. The SMILES string of the molecule is O=C(Nc1ccc2c(c1)OCCN2C1COC1)C1CCNC1. The van der Waals surface area contributed by atoms with Gasteiger partial charge in [0.05, 0.1) is 37.4 Å². The Kier molecular flexibility index (Phi) is 3.63. The van der Waals surface area contributed by atoms with Crippen LogP contribution in [-0.2, 0) is 9.53 Å². The van der Waals surface area contributed by atoms with Crippen LogP contribution in [0.15, 0.2) is 18.2 Å². The number of hydrogen-bond donors (Lipinski definition) is 2. The van der Waals surface area contributed by atoms with Gasteiger partial charge in [-0.05, 0) is 25.1 Å². The minimum absolute atomic E-state index is 0.0700. The van der Waals surface area contributed by atoms with Crippen LogP contribution < -0.4 is 20.3 Å². The molecule has 2 saturated heterocycles. The standard InChI is InChI=1S/C16H21N3O3/c20-16(11-3-4-17-8-11)18-12-1-2-14-15(7-12)22-6-5-19(14)13-9-21-10-13/h1-2,7,11,13,17H,3-6,8-10H2,(H,18,20). The summed E-state index contributed by atoms with van der Waals surface area (Å²) in [5.74, 6) is 1.01. The van der Waals surface area contributed by atoms with E-state index in [0.29, 0.717) is 12.6 Å². The summed E-state index contributed by atoms with van der Waals surface area (Å²) in [6.45, 7) is 4.82. The fraction of sp³-hybridized carbons (Fsp3) is 0.562. The summed E-state index contributed by atoms with van der Waals surface area (Å²) in [5, 5.41) is 6.22. The third kappa shape index (κ3) is 2.53. The first-order valence-electron chi connectivity index (χ1n) is 7.94. The number of rotatable bonds is 3. The Morgan fingerprint density at radius 1 is 1.36 bits per heavy atom. The maximum absolute atomic E-state index is 12.2. The molecule has 1 unspecified atom stereocenters. The van der Waals surface area contributed by atoms with Crippen molar-refractivity contribution in [3.63, 3.8) is 0 Å². The molecule has 2 N–H and O–H groups in total. The minimum atomic E-state index is 0.0700. The van der Waals surface area contributed by atoms with Crippen molar-refractivity contribution in [1.82, 2.24) is 5.32 Å². The second-order valence-electron chi connectivity index (χ2n) is 6.09. The van der Waals surface area contributed by atoms with E-state index in [0.717, 1.165) is 56.4 Å². The molecule has 3 aliphatic rings. The fourth-order valence-corrected chi connectivity index (χ4v) is 3.22. The van der Waals surface area contributed by atoms with Gasteiger partial charge in [-0.2, -0.15) is 0 Å². The lowest BCUT2D eigenvalue weighted by molar-refractivity contribution is -0.119. The number of nitrogens with one attached hydrogen (secondary N) is 2. The quantitative estimate of drug-likeness (QED) is 0.866. The highest BCUT2D eigenvalue weighted by Crippen LogP contribution is 2.36. The van der Waals surface area contributed by atoms with Crippen molar-refractivity contribution >= 4 is 17.3 Å². The van der Waals surface area contributed by atoms with Gasteiger partial charge in [-0.25, -0.2) is 0 Å². The van der Waals surface area contributed by atoms with Crippen LogP contribution in [0.25, 0.3) is 0 Å². The summed E-state index contributed by atoms with van der Waals surface area (Å²) < 4.78 is 11.1. The number of benzene rings is 1. The Balaban J connectivity index is 1.49. The van der Waals surface area contributed by atoms with Crippen molar-refractivity contribution in [3.05, 3.63) is 18.2 Å². The lowest BCUT2D eigenvalue weighted by Crippen LogP contribution is -2.52. The number of carbonyl (C=O) groups is 1. The summed E-state index contributed by atoms with van der Waals surface area (Å²) in [7, 11) is 0. The number of carbonyl (C=O) groups excluding carboxylic acids is 1. The molecule has 0 radical (unpaired) electrons. The Hall–Kier alpha value is -1.79. The lowest BCUT2D eigenvalue weighted by atomic mass is 10.1. The van der Waals surface area contributed by atoms with E-state index in [2.05, 4.69) is 15.5 Å². The highest BCUT2D eigenvalue weighted by atomic mass is 16.5. The van der Waals surface area contributed by atoms with Gasteiger partial charge in [0, 0.05) is 18.3 Å². The molecule has 1 aromatic carbocycles. The Bertz CT molecular complexity index is 568. The molecular weight excluding hydrogens is 282 g/mol. The number of anilines is 2. The van der Waals surface area contributed by atoms with Gasteiger partial charge in [0.2, 0.25) is 5.91 Å². The largest absolute Gasteiger partial charge is 0.489 e. The van der Waals surface area contributed by atoms with Crippen molar-refractivity contribution in [2.45, 2.75) is 12.5 Å². The van der Waals surface area contributed by atoms with Crippen molar-refractivity contribution in [2.24, 2.45) is 5.92 Å². The summed E-state index contributed by atoms with van der Waals surface area (Å²) in [4.78, 5) is 14.5. The highest BCUT2D eigenvalue weighted by molar-refractivity contribution is 5.93. The van der Waals surface area contributed by atoms with E-state index in [9.17, 15) is 4.79 Å². The molecule has 1 atom stereocenters. The van der Waals surface area contributed by atoms with Gasteiger partial charge in [0.25, 0.3) is 0 Å². The summed E-state index contributed by atoms with van der Waals surface area (Å²) >= 11 is 0. The minimum Gasteiger partial charge on any atom is -0.489 e. The molecule has 4 rings (SSSR count). The molecule has 0 bridgehead atoms. The molecule has 0 spiro atoms. The predicted octanol–water partition coefficient (Wildman–Crippen LogP) is 0.832. The van der Waals surface area contributed by atoms with Crippen LogP contribution in [0.5, 0.6) is 5.75 Å². The molecule has 22 heavy (non-hydrogen) atoms. The average Bonchev–Trinajstić information content (AvgIpc) is 3.00. The molecule has 118 valence electrons. The Morgan fingerprint density at radius 3 is 3.00 bits per heavy atom. The number of ether oxygens (including phenoxy) is 2. The Labute approximate surface area is 129 Å². The van der Waals surface area contributed by atoms with Crippen LogP contribution >= 0.6 is 0 Å². The van der Waals surface area contributed by atoms with Crippen LogP contribution in [-0.4, -0.2) is 51.4 Å². The number of amides is 1. The first kappa shape index (κ1) is 13.8. The summed E-state index contributed by atoms with van der Waals surface area (Å²) in [6, 6.07) is 6.38. The predicted molar refractivity (Wildman–Crippen MR) is 83.5 cm³/mol. The van der Waals surface area contributed by atoms with Crippen molar-refractivity contribution in [2.75, 3.05) is 49.7 Å². The molecule has 1 aromatic rings. The second kappa shape index (κ2) is 5.78. The van der Waals surface area contributed by atoms with Crippen LogP contribution in [0.4, 0.5) is 11.4 Å². The van der Waals surface area contributed by atoms with Crippen LogP contribution in [0.3, 0.4) is 0 Å². The number of nitrogens with zero attached hydrogens (tertiary/aromatic N) is 1. The van der Waals surface area contributed by atoms with Crippen LogP contribution in [0, 0.1) is 5.92 Å². The van der Waals surface area contributed by atoms with Crippen LogP contribution in [0.1, 0.15) is 6.42 Å². The second-order valence-corrected chi connectivity index (χ2v) is 6.09. The third-order valence-electron chi connectivity index (χ3n) is 4.62. The van der Waals surface area contributed by atoms with Crippen molar-refractivity contribution < 1.29 is 14.3 Å². The summed E-state index contributed by atoms with van der Waals surface area (Å²) in [5.41, 5.74) is 1.91. The van der Waals surface area contributed by atoms with Crippen molar-refractivity contribution in [1.29, 1.82) is 0 Å². The smallest absolute Gasteiger partial charge is 0.228 e. The zero-order chi connectivity index (χ0) is 14.9. The molecule has 6 nitrogen and oxygen atoms in total. The number of fused-ring (bicyclic) bond motifs is 1. The van der Waals surface area contributed by atoms with Gasteiger partial charge < -0.3 is 25.0 Å².